The van der Waals surface area contributed by atoms with Gasteiger partial charge in [0.2, 0.25) is 0 Å². The van der Waals surface area contributed by atoms with Crippen molar-refractivity contribution in [2.24, 2.45) is 0 Å². The second kappa shape index (κ2) is 4.69. The summed E-state index contributed by atoms with van der Waals surface area (Å²) in [5.74, 6) is 0. The summed E-state index contributed by atoms with van der Waals surface area (Å²) in [4.78, 5) is 0.391. The van der Waals surface area contributed by atoms with E-state index in [-0.39, 0.29) is 0 Å². The average Bonchev–Trinajstić information content (AvgIpc) is 1.61. The Kier molecular flexibility index (Phi) is 5.05. The lowest BCUT2D eigenvalue weighted by molar-refractivity contribution is 0.782. The molecule has 0 heterocycles. The molecule has 0 saturated heterocycles. The van der Waals surface area contributed by atoms with Gasteiger partial charge in [0.1, 0.15) is 0 Å². The van der Waals surface area contributed by atoms with E-state index in [4.69, 9.17) is 23.2 Å². The van der Waals surface area contributed by atoms with Crippen molar-refractivity contribution in [2.75, 3.05) is 13.1 Å². The van der Waals surface area contributed by atoms with Crippen LogP contribution < -0.4 is 5.32 Å². The Morgan fingerprint density at radius 3 is 2.29 bits per heavy atom. The van der Waals surface area contributed by atoms with Crippen molar-refractivity contribution >= 4 is 23.2 Å². The minimum Gasteiger partial charge on any atom is -0.314 e. The summed E-state index contributed by atoms with van der Waals surface area (Å²) in [6, 6.07) is 0. The predicted octanol–water partition coefficient (Wildman–Crippen LogP) is 1.56. The van der Waals surface area contributed by atoms with Crippen LogP contribution in [0, 0.1) is 4.84 Å². The van der Waals surface area contributed by atoms with Crippen LogP contribution in [0.3, 0.4) is 0 Å². The van der Waals surface area contributed by atoms with Crippen molar-refractivity contribution in [1.82, 2.24) is 5.32 Å². The van der Waals surface area contributed by atoms with Gasteiger partial charge in [-0.1, -0.05) is 30.1 Å². The van der Waals surface area contributed by atoms with Gasteiger partial charge in [-0.3, -0.25) is 0 Å². The van der Waals surface area contributed by atoms with E-state index >= 15 is 0 Å². The minimum atomic E-state index is 0.391. The second-order valence-corrected chi connectivity index (χ2v) is 2.22. The molecule has 0 aliphatic rings. The Bertz CT molecular complexity index is 38.7. The van der Waals surface area contributed by atoms with E-state index in [1.165, 1.54) is 0 Å². The molecule has 0 spiro atoms. The van der Waals surface area contributed by atoms with E-state index in [0.29, 0.717) is 11.4 Å². The van der Waals surface area contributed by atoms with Crippen molar-refractivity contribution in [3.8, 4) is 0 Å². The zero-order valence-corrected chi connectivity index (χ0v) is 5.68. The maximum atomic E-state index is 5.28. The number of nitrogens with one attached hydrogen (secondary N) is 1. The predicted molar refractivity (Wildman–Crippen MR) is 33.5 cm³/mol. The molecule has 0 saturated carbocycles. The summed E-state index contributed by atoms with van der Waals surface area (Å²) in [5.41, 5.74) is 0. The lowest BCUT2D eigenvalue weighted by Crippen LogP contribution is -2.15. The van der Waals surface area contributed by atoms with Crippen LogP contribution in [-0.4, -0.2) is 13.1 Å². The molecule has 43 valence electrons. The summed E-state index contributed by atoms with van der Waals surface area (Å²) in [7, 11) is 0. The fraction of sp³-hybridized carbons (Fsp3) is 0.750. The maximum Gasteiger partial charge on any atom is 0.164 e. The lowest BCUT2D eigenvalue weighted by Gasteiger charge is -1.96. The van der Waals surface area contributed by atoms with Crippen molar-refractivity contribution in [3.05, 3.63) is 4.84 Å². The summed E-state index contributed by atoms with van der Waals surface area (Å²) < 4.78 is 0. The molecule has 0 aliphatic heterocycles. The largest absolute Gasteiger partial charge is 0.314 e. The third-order valence-corrected chi connectivity index (χ3v) is 0.776. The third kappa shape index (κ3) is 6.54. The molecule has 0 aromatic rings. The fourth-order valence-electron chi connectivity index (χ4n) is 0.219. The lowest BCUT2D eigenvalue weighted by atomic mass is 10.7. The normalized spacial score (nSPS) is 10.3. The molecule has 0 aromatic heterocycles. The maximum absolute atomic E-state index is 5.28. The van der Waals surface area contributed by atoms with E-state index < -0.39 is 0 Å². The van der Waals surface area contributed by atoms with Crippen LogP contribution in [0.1, 0.15) is 6.92 Å². The molecular weight excluding hydrogens is 133 g/mol. The van der Waals surface area contributed by atoms with E-state index in [9.17, 15) is 0 Å². The number of hydrogen-bond donors (Lipinski definition) is 1. The van der Waals surface area contributed by atoms with Gasteiger partial charge in [-0.25, -0.2) is 0 Å². The van der Waals surface area contributed by atoms with Gasteiger partial charge < -0.3 is 5.32 Å². The van der Waals surface area contributed by atoms with Gasteiger partial charge in [0, 0.05) is 6.54 Å². The molecule has 0 unspecified atom stereocenters. The van der Waals surface area contributed by atoms with Crippen LogP contribution in [0.5, 0.6) is 0 Å². The van der Waals surface area contributed by atoms with Crippen LogP contribution in [0.15, 0.2) is 0 Å². The molecule has 1 nitrogen and oxygen atoms in total. The molecule has 0 aromatic carbocycles. The smallest absolute Gasteiger partial charge is 0.164 e. The molecular formula is C4H8Cl2N. The van der Waals surface area contributed by atoms with E-state index in [2.05, 4.69) is 5.32 Å². The standard InChI is InChI=1S/C4H8Cl2N/c1-2-7-3-4(5)6/h7H,2-3H2,1H3. The second-order valence-electron chi connectivity index (χ2n) is 1.12. The molecule has 0 atom stereocenters. The summed E-state index contributed by atoms with van der Waals surface area (Å²) in [5, 5.41) is 2.95. The molecule has 0 bridgehead atoms. The zero-order valence-electron chi connectivity index (χ0n) is 4.17. The van der Waals surface area contributed by atoms with Crippen molar-refractivity contribution in [2.45, 2.75) is 6.92 Å². The molecule has 0 rings (SSSR count). The highest BCUT2D eigenvalue weighted by Gasteiger charge is 1.94. The zero-order chi connectivity index (χ0) is 5.70. The highest BCUT2D eigenvalue weighted by Crippen LogP contribution is 2.08. The highest BCUT2D eigenvalue weighted by atomic mass is 35.5. The quantitative estimate of drug-likeness (QED) is 0.628. The SMILES string of the molecule is CCNC[C](Cl)Cl. The van der Waals surface area contributed by atoms with Gasteiger partial charge in [0.05, 0.1) is 0 Å². The number of rotatable bonds is 3. The Morgan fingerprint density at radius 1 is 1.57 bits per heavy atom. The topological polar surface area (TPSA) is 12.0 Å². The molecule has 1 radical (unpaired) electrons. The van der Waals surface area contributed by atoms with Gasteiger partial charge in [0.25, 0.3) is 0 Å². The monoisotopic (exact) mass is 140 g/mol. The van der Waals surface area contributed by atoms with Crippen LogP contribution in [0.4, 0.5) is 0 Å². The first-order valence-corrected chi connectivity index (χ1v) is 2.90. The average molecular weight is 141 g/mol. The van der Waals surface area contributed by atoms with Crippen LogP contribution in [0.2, 0.25) is 0 Å². The minimum absolute atomic E-state index is 0.391. The van der Waals surface area contributed by atoms with Crippen LogP contribution in [-0.2, 0) is 0 Å². The van der Waals surface area contributed by atoms with Gasteiger partial charge in [0.15, 0.2) is 4.84 Å². The summed E-state index contributed by atoms with van der Waals surface area (Å²) in [6.45, 7) is 3.50. The molecule has 7 heavy (non-hydrogen) atoms. The first-order chi connectivity index (χ1) is 3.27. The Hall–Kier alpha value is 0.540. The third-order valence-electron chi connectivity index (χ3n) is 0.509. The van der Waals surface area contributed by atoms with Crippen molar-refractivity contribution < 1.29 is 0 Å². The summed E-state index contributed by atoms with van der Waals surface area (Å²) in [6.07, 6.45) is 0. The number of halogens is 2. The highest BCUT2D eigenvalue weighted by molar-refractivity contribution is 6.52. The van der Waals surface area contributed by atoms with E-state index in [0.717, 1.165) is 6.54 Å². The number of hydrogen-bond acceptors (Lipinski definition) is 1. The van der Waals surface area contributed by atoms with Crippen molar-refractivity contribution in [3.63, 3.8) is 0 Å². The molecule has 0 fully saturated rings. The fourth-order valence-corrected chi connectivity index (χ4v) is 0.408. The van der Waals surface area contributed by atoms with Gasteiger partial charge in [-0.2, -0.15) is 0 Å². The molecule has 0 amide bonds. The first-order valence-electron chi connectivity index (χ1n) is 2.15. The molecule has 1 N–H and O–H groups in total. The van der Waals surface area contributed by atoms with E-state index in [1.807, 2.05) is 6.92 Å². The first kappa shape index (κ1) is 7.54. The van der Waals surface area contributed by atoms with Crippen LogP contribution in [0.25, 0.3) is 0 Å². The Labute approximate surface area is 54.0 Å². The summed E-state index contributed by atoms with van der Waals surface area (Å²) >= 11 is 10.6. The van der Waals surface area contributed by atoms with Gasteiger partial charge in [-0.05, 0) is 6.54 Å². The molecule has 3 heteroatoms. The Balaban J connectivity index is 2.68. The van der Waals surface area contributed by atoms with Gasteiger partial charge in [-0.15, -0.1) is 0 Å². The molecule has 0 aliphatic carbocycles. The van der Waals surface area contributed by atoms with Crippen molar-refractivity contribution in [1.29, 1.82) is 0 Å². The van der Waals surface area contributed by atoms with Gasteiger partial charge >= 0.3 is 0 Å². The Morgan fingerprint density at radius 2 is 2.14 bits per heavy atom. The van der Waals surface area contributed by atoms with E-state index in [1.54, 1.807) is 0 Å². The van der Waals surface area contributed by atoms with Crippen LogP contribution >= 0.6 is 23.2 Å².